The van der Waals surface area contributed by atoms with Gasteiger partial charge in [0.25, 0.3) is 0 Å². The van der Waals surface area contributed by atoms with Gasteiger partial charge in [0.05, 0.1) is 11.0 Å². The summed E-state index contributed by atoms with van der Waals surface area (Å²) in [6.45, 7) is 1.78. The Morgan fingerprint density at radius 1 is 1.33 bits per heavy atom. The van der Waals surface area contributed by atoms with E-state index in [1.165, 1.54) is 10.4 Å². The Morgan fingerprint density at radius 2 is 2.04 bits per heavy atom. The van der Waals surface area contributed by atoms with Gasteiger partial charge in [0.15, 0.2) is 0 Å². The second-order valence-electron chi connectivity index (χ2n) is 7.07. The van der Waals surface area contributed by atoms with Gasteiger partial charge in [-0.2, -0.15) is 4.31 Å². The average Bonchev–Trinajstić information content (AvgIpc) is 3.33. The van der Waals surface area contributed by atoms with Crippen LogP contribution in [-0.4, -0.2) is 48.1 Å². The Hall–Kier alpha value is -1.44. The average molecular weight is 353 g/mol. The van der Waals surface area contributed by atoms with Crippen LogP contribution in [0.5, 0.6) is 0 Å². The van der Waals surface area contributed by atoms with Gasteiger partial charge in [-0.15, -0.1) is 0 Å². The van der Waals surface area contributed by atoms with Crippen molar-refractivity contribution in [2.24, 2.45) is 11.3 Å². The van der Waals surface area contributed by atoms with Crippen LogP contribution in [-0.2, 0) is 14.8 Å². The first-order valence-corrected chi connectivity index (χ1v) is 9.68. The lowest BCUT2D eigenvalue weighted by Crippen LogP contribution is -2.57. The van der Waals surface area contributed by atoms with Crippen LogP contribution >= 0.6 is 0 Å². The van der Waals surface area contributed by atoms with Crippen molar-refractivity contribution < 1.29 is 23.4 Å². The minimum Gasteiger partial charge on any atom is -0.481 e. The molecule has 1 saturated heterocycles. The van der Waals surface area contributed by atoms with Gasteiger partial charge in [0.2, 0.25) is 10.0 Å². The highest BCUT2D eigenvalue weighted by Gasteiger charge is 2.53. The van der Waals surface area contributed by atoms with Crippen molar-refractivity contribution in [3.05, 3.63) is 29.8 Å². The molecule has 0 bridgehead atoms. The lowest BCUT2D eigenvalue weighted by molar-refractivity contribution is -0.162. The molecule has 1 saturated carbocycles. The molecule has 2 atom stereocenters. The van der Waals surface area contributed by atoms with E-state index in [1.807, 2.05) is 13.0 Å². The number of piperidine rings is 1. The lowest BCUT2D eigenvalue weighted by Gasteiger charge is -2.42. The molecule has 1 aliphatic heterocycles. The number of hydrogen-bond acceptors (Lipinski definition) is 4. The van der Waals surface area contributed by atoms with Crippen molar-refractivity contribution in [3.8, 4) is 0 Å². The molecule has 0 radical (unpaired) electrons. The van der Waals surface area contributed by atoms with Crippen molar-refractivity contribution in [2.75, 3.05) is 13.1 Å². The predicted molar refractivity (Wildman–Crippen MR) is 88.0 cm³/mol. The van der Waals surface area contributed by atoms with Gasteiger partial charge in [0, 0.05) is 13.1 Å². The third-order valence-electron chi connectivity index (χ3n) is 5.15. The number of rotatable bonds is 5. The Labute approximate surface area is 142 Å². The number of sulfonamides is 1. The van der Waals surface area contributed by atoms with E-state index in [-0.39, 0.29) is 30.3 Å². The normalized spacial score (nSPS) is 28.7. The SMILES string of the molecule is Cc1cccc(S(=O)(=O)N2CC[C@@H](O)[C@@](CC3CC3)(C(=O)O)C2)c1. The van der Waals surface area contributed by atoms with Gasteiger partial charge < -0.3 is 10.2 Å². The topological polar surface area (TPSA) is 94.9 Å². The summed E-state index contributed by atoms with van der Waals surface area (Å²) in [6.07, 6.45) is 1.37. The maximum atomic E-state index is 12.9. The number of aliphatic hydroxyl groups excluding tert-OH is 1. The molecule has 0 amide bonds. The summed E-state index contributed by atoms with van der Waals surface area (Å²) in [5.41, 5.74) is -0.577. The Balaban J connectivity index is 1.92. The summed E-state index contributed by atoms with van der Waals surface area (Å²) >= 11 is 0. The molecule has 1 aliphatic carbocycles. The first-order valence-electron chi connectivity index (χ1n) is 8.24. The number of aryl methyl sites for hydroxylation is 1. The molecule has 7 heteroatoms. The molecule has 6 nitrogen and oxygen atoms in total. The Bertz CT molecular complexity index is 743. The third-order valence-corrected chi connectivity index (χ3v) is 6.99. The number of carboxylic acids is 1. The van der Waals surface area contributed by atoms with Crippen LogP contribution in [0.1, 0.15) is 31.2 Å². The van der Waals surface area contributed by atoms with Crippen LogP contribution < -0.4 is 0 Å². The van der Waals surface area contributed by atoms with E-state index in [4.69, 9.17) is 0 Å². The van der Waals surface area contributed by atoms with E-state index in [0.717, 1.165) is 18.4 Å². The van der Waals surface area contributed by atoms with E-state index in [1.54, 1.807) is 12.1 Å². The fourth-order valence-electron chi connectivity index (χ4n) is 3.51. The first-order chi connectivity index (χ1) is 11.3. The molecular weight excluding hydrogens is 330 g/mol. The number of benzene rings is 1. The van der Waals surface area contributed by atoms with Gasteiger partial charge in [0.1, 0.15) is 5.41 Å². The summed E-state index contributed by atoms with van der Waals surface area (Å²) in [5.74, 6) is -0.830. The highest BCUT2D eigenvalue weighted by molar-refractivity contribution is 7.89. The van der Waals surface area contributed by atoms with Crippen molar-refractivity contribution >= 4 is 16.0 Å². The summed E-state index contributed by atoms with van der Waals surface area (Å²) in [5, 5.41) is 20.1. The molecule has 1 aromatic rings. The predicted octanol–water partition coefficient (Wildman–Crippen LogP) is 1.62. The maximum Gasteiger partial charge on any atom is 0.313 e. The molecular formula is C17H23NO5S. The van der Waals surface area contributed by atoms with Gasteiger partial charge in [-0.25, -0.2) is 8.42 Å². The van der Waals surface area contributed by atoms with E-state index in [9.17, 15) is 23.4 Å². The molecule has 24 heavy (non-hydrogen) atoms. The molecule has 0 spiro atoms. The van der Waals surface area contributed by atoms with Gasteiger partial charge in [-0.3, -0.25) is 4.79 Å². The van der Waals surface area contributed by atoms with Crippen LogP contribution in [0.25, 0.3) is 0 Å². The van der Waals surface area contributed by atoms with Crippen molar-refractivity contribution in [1.29, 1.82) is 0 Å². The number of aliphatic carboxylic acids is 1. The van der Waals surface area contributed by atoms with Crippen LogP contribution in [0.2, 0.25) is 0 Å². The molecule has 132 valence electrons. The lowest BCUT2D eigenvalue weighted by atomic mass is 9.74. The monoisotopic (exact) mass is 353 g/mol. The van der Waals surface area contributed by atoms with Crippen molar-refractivity contribution in [1.82, 2.24) is 4.31 Å². The zero-order valence-electron chi connectivity index (χ0n) is 13.7. The van der Waals surface area contributed by atoms with Crippen molar-refractivity contribution in [3.63, 3.8) is 0 Å². The summed E-state index contributed by atoms with van der Waals surface area (Å²) in [4.78, 5) is 12.1. The fourth-order valence-corrected chi connectivity index (χ4v) is 5.14. The van der Waals surface area contributed by atoms with E-state index in [0.29, 0.717) is 6.42 Å². The fraction of sp³-hybridized carbons (Fsp3) is 0.588. The molecule has 1 aromatic carbocycles. The van der Waals surface area contributed by atoms with Crippen LogP contribution in [0.4, 0.5) is 0 Å². The quantitative estimate of drug-likeness (QED) is 0.839. The largest absolute Gasteiger partial charge is 0.481 e. The van der Waals surface area contributed by atoms with Gasteiger partial charge in [-0.05, 0) is 43.4 Å². The van der Waals surface area contributed by atoms with Gasteiger partial charge >= 0.3 is 5.97 Å². The van der Waals surface area contributed by atoms with Gasteiger partial charge in [-0.1, -0.05) is 25.0 Å². The summed E-state index contributed by atoms with van der Waals surface area (Å²) in [7, 11) is -3.77. The van der Waals surface area contributed by atoms with Crippen LogP contribution in [0.3, 0.4) is 0 Å². The number of nitrogens with zero attached hydrogens (tertiary/aromatic N) is 1. The molecule has 3 rings (SSSR count). The van der Waals surface area contributed by atoms with Crippen LogP contribution in [0.15, 0.2) is 29.2 Å². The minimum atomic E-state index is -3.77. The number of carboxylic acid groups (broad SMARTS) is 1. The molecule has 2 aliphatic rings. The molecule has 2 N–H and O–H groups in total. The number of hydrogen-bond donors (Lipinski definition) is 2. The molecule has 2 fully saturated rings. The van der Waals surface area contributed by atoms with Crippen molar-refractivity contribution in [2.45, 2.75) is 43.6 Å². The molecule has 0 aromatic heterocycles. The minimum absolute atomic E-state index is 0.136. The number of carbonyl (C=O) groups is 1. The Morgan fingerprint density at radius 3 is 2.62 bits per heavy atom. The zero-order valence-corrected chi connectivity index (χ0v) is 14.5. The Kier molecular flexibility index (Phi) is 4.44. The second-order valence-corrected chi connectivity index (χ2v) is 9.01. The van der Waals surface area contributed by atoms with E-state index >= 15 is 0 Å². The number of aliphatic hydroxyl groups is 1. The summed E-state index contributed by atoms with van der Waals surface area (Å²) in [6, 6.07) is 6.60. The summed E-state index contributed by atoms with van der Waals surface area (Å²) < 4.78 is 27.0. The third kappa shape index (κ3) is 3.08. The zero-order chi connectivity index (χ0) is 17.5. The molecule has 1 heterocycles. The van der Waals surface area contributed by atoms with E-state index < -0.39 is 27.5 Å². The smallest absolute Gasteiger partial charge is 0.313 e. The maximum absolute atomic E-state index is 12.9. The second kappa shape index (κ2) is 6.13. The highest BCUT2D eigenvalue weighted by Crippen LogP contribution is 2.45. The highest BCUT2D eigenvalue weighted by atomic mass is 32.2. The molecule has 0 unspecified atom stereocenters. The van der Waals surface area contributed by atoms with E-state index in [2.05, 4.69) is 0 Å². The first kappa shape index (κ1) is 17.4. The standard InChI is InChI=1S/C17H23NO5S/c1-12-3-2-4-14(9-12)24(22,23)18-8-7-15(19)17(11-18,16(20)21)10-13-5-6-13/h2-4,9,13,15,19H,5-8,10-11H2,1H3,(H,20,21)/t15-,17+/m1/s1. The van der Waals surface area contributed by atoms with Crippen LogP contribution in [0, 0.1) is 18.3 Å².